The zero-order valence-electron chi connectivity index (χ0n) is 22.0. The highest BCUT2D eigenvalue weighted by molar-refractivity contribution is 7.89. The minimum absolute atomic E-state index is 0.336. The van der Waals surface area contributed by atoms with Crippen LogP contribution in [0.3, 0.4) is 0 Å². The molecular weight excluding hydrogens is 528 g/mol. The van der Waals surface area contributed by atoms with Gasteiger partial charge in [-0.3, -0.25) is 9.30 Å². The van der Waals surface area contributed by atoms with Crippen LogP contribution >= 0.6 is 11.3 Å². The molecule has 6 rings (SSSR count). The Morgan fingerprint density at radius 3 is 2.54 bits per heavy atom. The Labute approximate surface area is 233 Å². The van der Waals surface area contributed by atoms with E-state index in [1.807, 2.05) is 30.3 Å². The monoisotopic (exact) mass is 560 g/mol. The van der Waals surface area contributed by atoms with E-state index >= 15 is 0 Å². The summed E-state index contributed by atoms with van der Waals surface area (Å²) in [5.41, 5.74) is 4.28. The lowest BCUT2D eigenvalue weighted by Gasteiger charge is -2.29. The molecule has 39 heavy (non-hydrogen) atoms. The number of sulfonamides is 1. The molecule has 1 saturated heterocycles. The van der Waals surface area contributed by atoms with Gasteiger partial charge in [-0.15, -0.1) is 11.3 Å². The second-order valence-corrected chi connectivity index (χ2v) is 12.8. The molecule has 0 aliphatic carbocycles. The summed E-state index contributed by atoms with van der Waals surface area (Å²) < 4.78 is 37.1. The van der Waals surface area contributed by atoms with Crippen LogP contribution in [0.1, 0.15) is 11.3 Å². The normalized spacial score (nSPS) is 15.0. The number of hydrogen-bond acceptors (Lipinski definition) is 6. The highest BCUT2D eigenvalue weighted by Gasteiger charge is 2.26. The molecule has 3 aromatic carbocycles. The lowest BCUT2D eigenvalue weighted by molar-refractivity contribution is 0.0363. The third-order valence-corrected chi connectivity index (χ3v) is 10.2. The van der Waals surface area contributed by atoms with Gasteiger partial charge >= 0.3 is 0 Å². The number of aromatic nitrogens is 2. The molecule has 0 radical (unpaired) electrons. The van der Waals surface area contributed by atoms with Crippen molar-refractivity contribution >= 4 is 37.1 Å². The van der Waals surface area contributed by atoms with Crippen molar-refractivity contribution in [3.63, 3.8) is 0 Å². The van der Waals surface area contributed by atoms with Crippen molar-refractivity contribution in [2.45, 2.75) is 18.2 Å². The summed E-state index contributed by atoms with van der Waals surface area (Å²) >= 11 is 1.59. The van der Waals surface area contributed by atoms with E-state index in [4.69, 9.17) is 9.72 Å². The number of morpholine rings is 1. The lowest BCUT2D eigenvalue weighted by Crippen LogP contribution is -2.43. The number of aryl methyl sites for hydroxylation is 1. The van der Waals surface area contributed by atoms with Gasteiger partial charge in [-0.05, 0) is 29.8 Å². The molecule has 9 heteroatoms. The van der Waals surface area contributed by atoms with Crippen molar-refractivity contribution in [3.8, 4) is 11.3 Å². The molecule has 0 unspecified atom stereocenters. The summed E-state index contributed by atoms with van der Waals surface area (Å²) in [7, 11) is -3.69. The van der Waals surface area contributed by atoms with Gasteiger partial charge in [-0.1, -0.05) is 60.2 Å². The first-order valence-electron chi connectivity index (χ1n) is 13.3. The smallest absolute Gasteiger partial charge is 0.243 e. The van der Waals surface area contributed by atoms with Crippen molar-refractivity contribution in [1.82, 2.24) is 18.6 Å². The topological polar surface area (TPSA) is 67.2 Å². The number of fused-ring (bicyclic) bond motifs is 2. The van der Waals surface area contributed by atoms with Gasteiger partial charge in [-0.25, -0.2) is 13.4 Å². The average molecular weight is 561 g/mol. The van der Waals surface area contributed by atoms with Gasteiger partial charge in [0.1, 0.15) is 0 Å². The maximum Gasteiger partial charge on any atom is 0.243 e. The summed E-state index contributed by atoms with van der Waals surface area (Å²) in [5, 5.41) is 4.04. The molecule has 3 heterocycles. The zero-order chi connectivity index (χ0) is 26.8. The van der Waals surface area contributed by atoms with Crippen molar-refractivity contribution < 1.29 is 13.2 Å². The van der Waals surface area contributed by atoms with Crippen LogP contribution in [0.25, 0.3) is 27.0 Å². The number of rotatable bonds is 9. The van der Waals surface area contributed by atoms with Gasteiger partial charge in [0, 0.05) is 62.0 Å². The molecule has 7 nitrogen and oxygen atoms in total. The first-order chi connectivity index (χ1) is 19.0. The van der Waals surface area contributed by atoms with Gasteiger partial charge < -0.3 is 4.74 Å². The van der Waals surface area contributed by atoms with E-state index in [-0.39, 0.29) is 0 Å². The van der Waals surface area contributed by atoms with Crippen molar-refractivity contribution in [3.05, 3.63) is 89.6 Å². The molecule has 202 valence electrons. The average Bonchev–Trinajstić information content (AvgIpc) is 3.55. The Morgan fingerprint density at radius 1 is 0.974 bits per heavy atom. The van der Waals surface area contributed by atoms with Crippen LogP contribution in [0, 0.1) is 6.92 Å². The van der Waals surface area contributed by atoms with Gasteiger partial charge in [0.05, 0.1) is 23.8 Å². The van der Waals surface area contributed by atoms with E-state index in [2.05, 4.69) is 52.1 Å². The van der Waals surface area contributed by atoms with Crippen LogP contribution in [-0.2, 0) is 21.2 Å². The number of imidazole rings is 1. The largest absolute Gasteiger partial charge is 0.379 e. The molecule has 2 aromatic heterocycles. The Hall–Kier alpha value is -3.08. The molecule has 1 aliphatic heterocycles. The van der Waals surface area contributed by atoms with Crippen molar-refractivity contribution in [2.24, 2.45) is 0 Å². The van der Waals surface area contributed by atoms with E-state index in [9.17, 15) is 8.42 Å². The first kappa shape index (κ1) is 26.2. The van der Waals surface area contributed by atoms with Crippen LogP contribution in [0.2, 0.25) is 0 Å². The quantitative estimate of drug-likeness (QED) is 0.251. The Morgan fingerprint density at radius 2 is 1.74 bits per heavy atom. The molecule has 0 bridgehead atoms. The second kappa shape index (κ2) is 11.2. The van der Waals surface area contributed by atoms with Gasteiger partial charge in [-0.2, -0.15) is 4.31 Å². The van der Waals surface area contributed by atoms with Gasteiger partial charge in [0.2, 0.25) is 10.0 Å². The summed E-state index contributed by atoms with van der Waals surface area (Å²) in [4.78, 5) is 8.34. The first-order valence-corrected chi connectivity index (χ1v) is 15.6. The van der Waals surface area contributed by atoms with Crippen LogP contribution in [0.5, 0.6) is 0 Å². The maximum absolute atomic E-state index is 14.0. The summed E-state index contributed by atoms with van der Waals surface area (Å²) in [6, 6.07) is 21.6. The second-order valence-electron chi connectivity index (χ2n) is 9.99. The number of hydrogen-bond donors (Lipinski definition) is 0. The standard InChI is InChI=1S/C30H32N4O3S2/c1-23-6-8-25(9-7-23)29-21-34-27(22-38-30(34)31-29)12-13-33(15-14-32-16-18-37-19-17-32)39(35,36)28-11-10-24-4-2-3-5-26(24)20-28/h2-11,20-22H,12-19H2,1H3. The maximum atomic E-state index is 14.0. The molecule has 5 aromatic rings. The third-order valence-electron chi connectivity index (χ3n) is 7.38. The van der Waals surface area contributed by atoms with Crippen LogP contribution in [0.15, 0.2) is 83.2 Å². The Balaban J connectivity index is 1.26. The lowest BCUT2D eigenvalue weighted by atomic mass is 10.1. The zero-order valence-corrected chi connectivity index (χ0v) is 23.6. The van der Waals surface area contributed by atoms with Gasteiger partial charge in [0.25, 0.3) is 0 Å². The number of ether oxygens (including phenoxy) is 1. The molecule has 0 N–H and O–H groups in total. The molecule has 0 spiro atoms. The van der Waals surface area contributed by atoms with Crippen molar-refractivity contribution in [2.75, 3.05) is 45.9 Å². The SMILES string of the molecule is Cc1ccc(-c2cn3c(CCN(CCN4CCOCC4)S(=O)(=O)c4ccc5ccccc5c4)csc3n2)cc1. The fourth-order valence-electron chi connectivity index (χ4n) is 5.02. The number of thiazole rings is 1. The minimum Gasteiger partial charge on any atom is -0.379 e. The van der Waals surface area contributed by atoms with E-state index in [1.54, 1.807) is 27.8 Å². The summed E-state index contributed by atoms with van der Waals surface area (Å²) in [6.45, 7) is 6.60. The van der Waals surface area contributed by atoms with E-state index in [0.717, 1.165) is 45.8 Å². The molecule has 0 saturated carbocycles. The molecular formula is C30H32N4O3S2. The summed E-state index contributed by atoms with van der Waals surface area (Å²) in [5.74, 6) is 0. The van der Waals surface area contributed by atoms with Crippen LogP contribution < -0.4 is 0 Å². The van der Waals surface area contributed by atoms with E-state index in [0.29, 0.717) is 44.2 Å². The van der Waals surface area contributed by atoms with E-state index in [1.165, 1.54) is 5.56 Å². The molecule has 0 amide bonds. The number of nitrogens with zero attached hydrogens (tertiary/aromatic N) is 4. The van der Waals surface area contributed by atoms with Gasteiger partial charge in [0.15, 0.2) is 4.96 Å². The summed E-state index contributed by atoms with van der Waals surface area (Å²) in [6.07, 6.45) is 2.65. The predicted molar refractivity (Wildman–Crippen MR) is 157 cm³/mol. The molecule has 0 atom stereocenters. The fourth-order valence-corrected chi connectivity index (χ4v) is 7.39. The Kier molecular flexibility index (Phi) is 7.51. The third kappa shape index (κ3) is 5.64. The highest BCUT2D eigenvalue weighted by Crippen LogP contribution is 2.26. The fraction of sp³-hybridized carbons (Fsp3) is 0.300. The predicted octanol–water partition coefficient (Wildman–Crippen LogP) is 5.09. The number of benzene rings is 3. The van der Waals surface area contributed by atoms with Crippen LogP contribution in [-0.4, -0.2) is 72.9 Å². The molecule has 1 fully saturated rings. The highest BCUT2D eigenvalue weighted by atomic mass is 32.2. The Bertz CT molecular complexity index is 1690. The van der Waals surface area contributed by atoms with Crippen molar-refractivity contribution in [1.29, 1.82) is 0 Å². The minimum atomic E-state index is -3.69. The van der Waals surface area contributed by atoms with Crippen LogP contribution in [0.4, 0.5) is 0 Å². The van der Waals surface area contributed by atoms with E-state index < -0.39 is 10.0 Å². The molecule has 1 aliphatic rings.